The molecule has 1 amide bonds. The van der Waals surface area contributed by atoms with Crippen molar-refractivity contribution in [2.24, 2.45) is 0 Å². The molecule has 15 heavy (non-hydrogen) atoms. The minimum atomic E-state index is -0.515. The molecule has 2 aromatic heterocycles. The number of ether oxygens (including phenoxy) is 1. The van der Waals surface area contributed by atoms with E-state index >= 15 is 0 Å². The Morgan fingerprint density at radius 2 is 2.47 bits per heavy atom. The molecule has 0 unspecified atom stereocenters. The normalized spacial score (nSPS) is 10.2. The van der Waals surface area contributed by atoms with Crippen molar-refractivity contribution in [2.75, 3.05) is 11.9 Å². The zero-order valence-electron chi connectivity index (χ0n) is 8.19. The van der Waals surface area contributed by atoms with Gasteiger partial charge in [0.1, 0.15) is 11.4 Å². The van der Waals surface area contributed by atoms with Crippen molar-refractivity contribution in [3.63, 3.8) is 0 Å². The van der Waals surface area contributed by atoms with Crippen molar-refractivity contribution in [3.8, 4) is 0 Å². The van der Waals surface area contributed by atoms with E-state index in [-0.39, 0.29) is 0 Å². The van der Waals surface area contributed by atoms with Gasteiger partial charge >= 0.3 is 6.09 Å². The van der Waals surface area contributed by atoms with Gasteiger partial charge in [-0.2, -0.15) is 0 Å². The van der Waals surface area contributed by atoms with E-state index in [0.717, 1.165) is 5.39 Å². The van der Waals surface area contributed by atoms with Crippen molar-refractivity contribution >= 4 is 22.9 Å². The van der Waals surface area contributed by atoms with Gasteiger partial charge in [0, 0.05) is 6.20 Å². The Hall–Kier alpha value is -2.04. The minimum absolute atomic E-state index is 0.327. The van der Waals surface area contributed by atoms with Crippen LogP contribution in [0.25, 0.3) is 11.0 Å². The molecule has 0 bridgehead atoms. The molecule has 2 aromatic rings. The second kappa shape index (κ2) is 4.00. The Balaban J connectivity index is 2.27. The first kappa shape index (κ1) is 9.51. The summed E-state index contributed by atoms with van der Waals surface area (Å²) < 4.78 is 9.92. The van der Waals surface area contributed by atoms with Crippen molar-refractivity contribution in [2.45, 2.75) is 6.92 Å². The third kappa shape index (κ3) is 1.90. The standard InChI is InChI=1S/C10H10N2O3/c1-2-14-10(13)12-9-7-4-6-15-8(7)3-5-11-9/h3-6H,2H2,1H3,(H,11,12,13). The number of nitrogens with one attached hydrogen (secondary N) is 1. The average Bonchev–Trinajstić information content (AvgIpc) is 2.67. The molecule has 0 aliphatic heterocycles. The third-order valence-electron chi connectivity index (χ3n) is 1.88. The monoisotopic (exact) mass is 206 g/mol. The lowest BCUT2D eigenvalue weighted by molar-refractivity contribution is 0.168. The molecule has 5 heteroatoms. The maximum absolute atomic E-state index is 11.2. The summed E-state index contributed by atoms with van der Waals surface area (Å²) in [6.07, 6.45) is 2.59. The number of hydrogen-bond acceptors (Lipinski definition) is 4. The van der Waals surface area contributed by atoms with Gasteiger partial charge in [0.15, 0.2) is 0 Å². The molecule has 1 N–H and O–H groups in total. The van der Waals surface area contributed by atoms with E-state index in [4.69, 9.17) is 9.15 Å². The molecule has 0 aliphatic carbocycles. The van der Waals surface area contributed by atoms with Crippen LogP contribution in [-0.4, -0.2) is 17.7 Å². The summed E-state index contributed by atoms with van der Waals surface area (Å²) in [5.41, 5.74) is 0.678. The van der Waals surface area contributed by atoms with Gasteiger partial charge in [-0.05, 0) is 19.1 Å². The summed E-state index contributed by atoms with van der Waals surface area (Å²) in [7, 11) is 0. The summed E-state index contributed by atoms with van der Waals surface area (Å²) in [4.78, 5) is 15.2. The number of anilines is 1. The van der Waals surface area contributed by atoms with Gasteiger partial charge in [0.05, 0.1) is 18.3 Å². The Labute approximate surface area is 86.0 Å². The molecule has 0 radical (unpaired) electrons. The Bertz CT molecular complexity index is 478. The number of rotatable bonds is 2. The van der Waals surface area contributed by atoms with Gasteiger partial charge in [-0.3, -0.25) is 5.32 Å². The van der Waals surface area contributed by atoms with Crippen molar-refractivity contribution in [1.29, 1.82) is 0 Å². The summed E-state index contributed by atoms with van der Waals surface area (Å²) in [5.74, 6) is 0.444. The SMILES string of the molecule is CCOC(=O)Nc1nccc2occc12. The van der Waals surface area contributed by atoms with E-state index in [2.05, 4.69) is 10.3 Å². The summed E-state index contributed by atoms with van der Waals surface area (Å²) in [6.45, 7) is 2.07. The highest BCUT2D eigenvalue weighted by atomic mass is 16.5. The van der Waals surface area contributed by atoms with Crippen LogP contribution in [0, 0.1) is 0 Å². The number of hydrogen-bond donors (Lipinski definition) is 1. The maximum atomic E-state index is 11.2. The van der Waals surface area contributed by atoms with E-state index in [1.165, 1.54) is 0 Å². The molecule has 2 rings (SSSR count). The van der Waals surface area contributed by atoms with Crippen molar-refractivity contribution in [3.05, 3.63) is 24.6 Å². The van der Waals surface area contributed by atoms with Crippen LogP contribution in [0.1, 0.15) is 6.92 Å². The highest BCUT2D eigenvalue weighted by Gasteiger charge is 2.08. The fraction of sp³-hybridized carbons (Fsp3) is 0.200. The number of fused-ring (bicyclic) bond motifs is 1. The van der Waals surface area contributed by atoms with Crippen LogP contribution < -0.4 is 5.32 Å². The predicted octanol–water partition coefficient (Wildman–Crippen LogP) is 2.40. The van der Waals surface area contributed by atoms with Gasteiger partial charge in [-0.1, -0.05) is 0 Å². The van der Waals surface area contributed by atoms with E-state index in [9.17, 15) is 4.79 Å². The van der Waals surface area contributed by atoms with Crippen LogP contribution >= 0.6 is 0 Å². The molecule has 5 nitrogen and oxygen atoms in total. The maximum Gasteiger partial charge on any atom is 0.412 e. The molecule has 2 heterocycles. The topological polar surface area (TPSA) is 64.4 Å². The second-order valence-corrected chi connectivity index (χ2v) is 2.84. The Kier molecular flexibility index (Phi) is 2.53. The number of carbonyl (C=O) groups excluding carboxylic acids is 1. The summed E-state index contributed by atoms with van der Waals surface area (Å²) in [5, 5.41) is 3.29. The van der Waals surface area contributed by atoms with Gasteiger partial charge in [0.2, 0.25) is 0 Å². The quantitative estimate of drug-likeness (QED) is 0.819. The van der Waals surface area contributed by atoms with Crippen molar-refractivity contribution in [1.82, 2.24) is 4.98 Å². The number of pyridine rings is 1. The lowest BCUT2D eigenvalue weighted by Crippen LogP contribution is -2.14. The van der Waals surface area contributed by atoms with E-state index < -0.39 is 6.09 Å². The molecular weight excluding hydrogens is 196 g/mol. The number of furan rings is 1. The van der Waals surface area contributed by atoms with Gasteiger partial charge in [-0.25, -0.2) is 9.78 Å². The molecule has 0 aliphatic rings. The van der Waals surface area contributed by atoms with Gasteiger partial charge in [0.25, 0.3) is 0 Å². The summed E-state index contributed by atoms with van der Waals surface area (Å²) in [6, 6.07) is 3.47. The van der Waals surface area contributed by atoms with Crippen LogP contribution in [0.3, 0.4) is 0 Å². The molecule has 0 spiro atoms. The van der Waals surface area contributed by atoms with E-state index in [1.54, 1.807) is 31.5 Å². The molecule has 0 saturated heterocycles. The van der Waals surface area contributed by atoms with Gasteiger partial charge < -0.3 is 9.15 Å². The summed E-state index contributed by atoms with van der Waals surface area (Å²) >= 11 is 0. The van der Waals surface area contributed by atoms with Crippen LogP contribution in [0.2, 0.25) is 0 Å². The number of carbonyl (C=O) groups is 1. The highest BCUT2D eigenvalue weighted by molar-refractivity contribution is 5.95. The van der Waals surface area contributed by atoms with Crippen LogP contribution in [-0.2, 0) is 4.74 Å². The fourth-order valence-corrected chi connectivity index (χ4v) is 1.26. The van der Waals surface area contributed by atoms with Crippen LogP contribution in [0.4, 0.5) is 10.6 Å². The molecular formula is C10H10N2O3. The lowest BCUT2D eigenvalue weighted by atomic mass is 10.3. The molecule has 0 aromatic carbocycles. The second-order valence-electron chi connectivity index (χ2n) is 2.84. The Morgan fingerprint density at radius 3 is 3.27 bits per heavy atom. The van der Waals surface area contributed by atoms with Crippen LogP contribution in [0.15, 0.2) is 29.0 Å². The first-order valence-electron chi connectivity index (χ1n) is 4.57. The first-order chi connectivity index (χ1) is 7.31. The third-order valence-corrected chi connectivity index (χ3v) is 1.88. The zero-order chi connectivity index (χ0) is 10.7. The zero-order valence-corrected chi connectivity index (χ0v) is 8.19. The largest absolute Gasteiger partial charge is 0.464 e. The van der Waals surface area contributed by atoms with Crippen LogP contribution in [0.5, 0.6) is 0 Å². The van der Waals surface area contributed by atoms with Crippen molar-refractivity contribution < 1.29 is 13.9 Å². The first-order valence-corrected chi connectivity index (χ1v) is 4.57. The molecule has 0 atom stereocenters. The molecule has 0 saturated carbocycles. The fourth-order valence-electron chi connectivity index (χ4n) is 1.26. The Morgan fingerprint density at radius 1 is 1.60 bits per heavy atom. The average molecular weight is 206 g/mol. The smallest absolute Gasteiger partial charge is 0.412 e. The molecule has 78 valence electrons. The molecule has 0 fully saturated rings. The minimum Gasteiger partial charge on any atom is -0.464 e. The lowest BCUT2D eigenvalue weighted by Gasteiger charge is -2.04. The highest BCUT2D eigenvalue weighted by Crippen LogP contribution is 2.21. The van der Waals surface area contributed by atoms with E-state index in [1.807, 2.05) is 0 Å². The number of amides is 1. The predicted molar refractivity (Wildman–Crippen MR) is 54.7 cm³/mol. The van der Waals surface area contributed by atoms with Gasteiger partial charge in [-0.15, -0.1) is 0 Å². The number of nitrogens with zero attached hydrogens (tertiary/aromatic N) is 1. The van der Waals surface area contributed by atoms with E-state index in [0.29, 0.717) is 18.0 Å². The number of aromatic nitrogens is 1.